The number of fused-ring (bicyclic) bond motifs is 3. The number of hydrogen-bond acceptors (Lipinski definition) is 5. The predicted octanol–water partition coefficient (Wildman–Crippen LogP) is 5.77. The van der Waals surface area contributed by atoms with Crippen LogP contribution < -0.4 is 16.6 Å². The van der Waals surface area contributed by atoms with Crippen LogP contribution in [0.1, 0.15) is 37.7 Å². The number of nitrogens with zero attached hydrogens (tertiary/aromatic N) is 2. The summed E-state index contributed by atoms with van der Waals surface area (Å²) in [5.41, 5.74) is 9.49. The molecule has 0 fully saturated rings. The lowest BCUT2D eigenvalue weighted by Crippen LogP contribution is -2.27. The monoisotopic (exact) mass is 440 g/mol. The molecule has 4 rings (SSSR count). The van der Waals surface area contributed by atoms with Crippen molar-refractivity contribution in [1.29, 1.82) is 0 Å². The summed E-state index contributed by atoms with van der Waals surface area (Å²) in [4.78, 5) is 17.8. The van der Waals surface area contributed by atoms with E-state index in [1.807, 2.05) is 56.3 Å². The van der Waals surface area contributed by atoms with E-state index in [-0.39, 0.29) is 11.6 Å². The molecule has 0 aliphatic carbocycles. The molecule has 1 unspecified atom stereocenters. The van der Waals surface area contributed by atoms with Gasteiger partial charge in [0.15, 0.2) is 0 Å². The molecule has 1 atom stereocenters. The van der Waals surface area contributed by atoms with Gasteiger partial charge < -0.3 is 15.5 Å². The first-order chi connectivity index (χ1) is 16.1. The number of rotatable bonds is 8. The molecule has 4 aromatic rings. The molecule has 0 spiro atoms. The Morgan fingerprint density at radius 3 is 2.79 bits per heavy atom. The van der Waals surface area contributed by atoms with Gasteiger partial charge in [0.1, 0.15) is 22.7 Å². The molecule has 6 nitrogen and oxygen atoms in total. The lowest BCUT2D eigenvalue weighted by molar-refractivity contribution is 0.668. The summed E-state index contributed by atoms with van der Waals surface area (Å²) in [7, 11) is 0. The summed E-state index contributed by atoms with van der Waals surface area (Å²) in [5.74, 6) is 0.511. The zero-order valence-electron chi connectivity index (χ0n) is 18.9. The number of benzene rings is 2. The molecule has 2 aromatic heterocycles. The highest BCUT2D eigenvalue weighted by molar-refractivity contribution is 6.05. The van der Waals surface area contributed by atoms with Gasteiger partial charge in [0.25, 0.3) is 5.56 Å². The Kier molecular flexibility index (Phi) is 6.45. The Bertz CT molecular complexity index is 1430. The van der Waals surface area contributed by atoms with E-state index in [1.165, 1.54) is 6.20 Å². The van der Waals surface area contributed by atoms with Crippen molar-refractivity contribution in [2.75, 3.05) is 5.32 Å². The van der Waals surface area contributed by atoms with Crippen molar-refractivity contribution < 1.29 is 4.42 Å². The molecule has 168 valence electrons. The maximum Gasteiger partial charge on any atom is 0.277 e. The zero-order chi connectivity index (χ0) is 23.4. The van der Waals surface area contributed by atoms with E-state index in [4.69, 9.17) is 10.2 Å². The van der Waals surface area contributed by atoms with Crippen LogP contribution >= 0.6 is 0 Å². The molecule has 0 aliphatic heterocycles. The smallest absolute Gasteiger partial charge is 0.277 e. The molecule has 0 saturated carbocycles. The van der Waals surface area contributed by atoms with Crippen molar-refractivity contribution in [2.24, 2.45) is 5.73 Å². The molecule has 3 N–H and O–H groups in total. The maximum atomic E-state index is 13.3. The topological polar surface area (TPSA) is 86.1 Å². The second kappa shape index (κ2) is 9.61. The van der Waals surface area contributed by atoms with Crippen molar-refractivity contribution >= 4 is 33.2 Å². The molecular weight excluding hydrogens is 412 g/mol. The minimum atomic E-state index is -0.175. The highest BCUT2D eigenvalue weighted by atomic mass is 16.3. The van der Waals surface area contributed by atoms with E-state index in [2.05, 4.69) is 29.0 Å². The number of nitrogens with one attached hydrogen (secondary N) is 1. The fourth-order valence-corrected chi connectivity index (χ4v) is 3.90. The Hall–Kier alpha value is -4.06. The normalized spacial score (nSPS) is 13.1. The average molecular weight is 441 g/mol. The number of furan rings is 1. The first kappa shape index (κ1) is 22.1. The van der Waals surface area contributed by atoms with Crippen LogP contribution in [-0.4, -0.2) is 9.55 Å². The quantitative estimate of drug-likeness (QED) is 0.268. The van der Waals surface area contributed by atoms with E-state index in [0.717, 1.165) is 33.9 Å². The largest absolute Gasteiger partial charge is 0.456 e. The van der Waals surface area contributed by atoms with Crippen LogP contribution in [0.2, 0.25) is 0 Å². The van der Waals surface area contributed by atoms with Gasteiger partial charge in [-0.05, 0) is 37.1 Å². The number of para-hydroxylation sites is 1. The Labute approximate surface area is 192 Å². The van der Waals surface area contributed by atoms with Crippen molar-refractivity contribution in [2.45, 2.75) is 32.9 Å². The van der Waals surface area contributed by atoms with E-state index >= 15 is 0 Å². The molecule has 2 heterocycles. The van der Waals surface area contributed by atoms with Gasteiger partial charge in [-0.2, -0.15) is 0 Å². The van der Waals surface area contributed by atoms with E-state index in [0.29, 0.717) is 23.6 Å². The molecule has 0 amide bonds. The third-order valence-electron chi connectivity index (χ3n) is 5.60. The second-order valence-corrected chi connectivity index (χ2v) is 7.85. The Balaban J connectivity index is 1.69. The number of aromatic nitrogens is 2. The van der Waals surface area contributed by atoms with E-state index in [1.54, 1.807) is 16.8 Å². The van der Waals surface area contributed by atoms with Crippen molar-refractivity contribution in [3.63, 3.8) is 0 Å². The number of allylic oxidation sites excluding steroid dienone is 4. The van der Waals surface area contributed by atoms with Gasteiger partial charge in [-0.25, -0.2) is 4.98 Å². The van der Waals surface area contributed by atoms with E-state index in [9.17, 15) is 4.79 Å². The maximum absolute atomic E-state index is 13.3. The van der Waals surface area contributed by atoms with E-state index < -0.39 is 0 Å². The van der Waals surface area contributed by atoms with Crippen LogP contribution in [0.15, 0.2) is 88.9 Å². The van der Waals surface area contributed by atoms with Gasteiger partial charge in [0, 0.05) is 35.1 Å². The summed E-state index contributed by atoms with van der Waals surface area (Å²) in [6.45, 7) is 8.17. The molecule has 6 heteroatoms. The van der Waals surface area contributed by atoms with Gasteiger partial charge in [0.05, 0.1) is 6.20 Å². The lowest BCUT2D eigenvalue weighted by Gasteiger charge is -2.18. The van der Waals surface area contributed by atoms with Gasteiger partial charge in [-0.1, -0.05) is 49.4 Å². The van der Waals surface area contributed by atoms with Crippen molar-refractivity contribution in [3.8, 4) is 0 Å². The highest BCUT2D eigenvalue weighted by Gasteiger charge is 2.15. The van der Waals surface area contributed by atoms with Gasteiger partial charge in [0.2, 0.25) is 0 Å². The fraction of sp³-hybridized carbons (Fsp3) is 0.185. The molecule has 0 radical (unpaired) electrons. The Morgan fingerprint density at radius 1 is 1.24 bits per heavy atom. The van der Waals surface area contributed by atoms with Crippen molar-refractivity contribution in [3.05, 3.63) is 101 Å². The van der Waals surface area contributed by atoms with Crippen molar-refractivity contribution in [1.82, 2.24) is 9.55 Å². The summed E-state index contributed by atoms with van der Waals surface area (Å²) in [6, 6.07) is 13.9. The van der Waals surface area contributed by atoms with Crippen LogP contribution in [0.25, 0.3) is 27.5 Å². The summed E-state index contributed by atoms with van der Waals surface area (Å²) in [6.07, 6.45) is 9.43. The third kappa shape index (κ3) is 4.32. The number of hydrogen-bond donors (Lipinski definition) is 2. The first-order valence-corrected chi connectivity index (χ1v) is 11.0. The van der Waals surface area contributed by atoms with Gasteiger partial charge in [-0.3, -0.25) is 9.36 Å². The van der Waals surface area contributed by atoms with Gasteiger partial charge in [-0.15, -0.1) is 6.58 Å². The Morgan fingerprint density at radius 2 is 2.03 bits per heavy atom. The predicted molar refractivity (Wildman–Crippen MR) is 136 cm³/mol. The molecule has 0 aliphatic rings. The molecular formula is C27H28N4O2. The average Bonchev–Trinajstić information content (AvgIpc) is 3.21. The molecule has 33 heavy (non-hydrogen) atoms. The van der Waals surface area contributed by atoms with Crippen LogP contribution in [0.4, 0.5) is 5.69 Å². The molecule has 0 bridgehead atoms. The lowest BCUT2D eigenvalue weighted by atomic mass is 10.0. The minimum Gasteiger partial charge on any atom is -0.456 e. The molecule has 2 aromatic carbocycles. The second-order valence-electron chi connectivity index (χ2n) is 7.85. The standard InChI is InChI=1S/C27H28N4O2/c1-4-6-9-20(16-28)26-29-17-23(27(32)31(26)14-5-2)30-18(3)19-12-13-25-22(15-19)21-10-7-8-11-24(21)33-25/h5-13,15-18,30H,2,4,14,28H2,1,3H3/b9-6+,20-16+. The summed E-state index contributed by atoms with van der Waals surface area (Å²) >= 11 is 0. The van der Waals surface area contributed by atoms with Gasteiger partial charge >= 0.3 is 0 Å². The third-order valence-corrected chi connectivity index (χ3v) is 5.60. The van der Waals surface area contributed by atoms with Crippen LogP contribution in [0.5, 0.6) is 0 Å². The fourth-order valence-electron chi connectivity index (χ4n) is 3.90. The zero-order valence-corrected chi connectivity index (χ0v) is 18.9. The summed E-state index contributed by atoms with van der Waals surface area (Å²) in [5, 5.41) is 5.45. The number of nitrogens with two attached hydrogens (primary N) is 1. The highest BCUT2D eigenvalue weighted by Crippen LogP contribution is 2.31. The van der Waals surface area contributed by atoms with Crippen LogP contribution in [0, 0.1) is 0 Å². The summed E-state index contributed by atoms with van der Waals surface area (Å²) < 4.78 is 7.50. The minimum absolute atomic E-state index is 0.120. The van der Waals surface area contributed by atoms with Crippen LogP contribution in [0.3, 0.4) is 0 Å². The molecule has 0 saturated heterocycles. The van der Waals surface area contributed by atoms with Crippen LogP contribution in [-0.2, 0) is 6.54 Å². The first-order valence-electron chi connectivity index (χ1n) is 11.0. The SMILES string of the molecule is C=CCn1c(C(/C=C/CC)=C/N)ncc(NC(C)c2ccc3oc4ccccc4c3c2)c1=O. The number of anilines is 1.